The van der Waals surface area contributed by atoms with Crippen LogP contribution in [0.1, 0.15) is 30.5 Å². The molecule has 0 spiro atoms. The number of nitrogens with one attached hydrogen (secondary N) is 1. The summed E-state index contributed by atoms with van der Waals surface area (Å²) in [6.45, 7) is 9.93. The zero-order valence-corrected chi connectivity index (χ0v) is 14.8. The number of hydrogen-bond donors (Lipinski definition) is 1. The van der Waals surface area contributed by atoms with E-state index in [1.165, 1.54) is 11.1 Å². The minimum absolute atomic E-state index is 0.472. The van der Waals surface area contributed by atoms with Gasteiger partial charge in [0, 0.05) is 17.8 Å². The van der Waals surface area contributed by atoms with Gasteiger partial charge in [-0.1, -0.05) is 38.1 Å². The van der Waals surface area contributed by atoms with Crippen molar-refractivity contribution in [2.75, 3.05) is 19.0 Å². The molecule has 0 atom stereocenters. The molecule has 0 aliphatic carbocycles. The van der Waals surface area contributed by atoms with Crippen LogP contribution in [0, 0.1) is 19.8 Å². The maximum atomic E-state index is 6.00. The first-order valence-corrected chi connectivity index (χ1v) is 8.11. The lowest BCUT2D eigenvalue weighted by molar-refractivity contribution is 0.254. The van der Waals surface area contributed by atoms with Crippen molar-refractivity contribution in [3.63, 3.8) is 0 Å². The van der Waals surface area contributed by atoms with Crippen LogP contribution < -0.4 is 14.8 Å². The average molecular weight is 313 g/mol. The van der Waals surface area contributed by atoms with Crippen molar-refractivity contribution in [1.29, 1.82) is 0 Å². The molecule has 0 aliphatic rings. The van der Waals surface area contributed by atoms with E-state index in [1.807, 2.05) is 12.1 Å². The van der Waals surface area contributed by atoms with Crippen molar-refractivity contribution in [3.8, 4) is 11.5 Å². The van der Waals surface area contributed by atoms with E-state index in [4.69, 9.17) is 9.47 Å². The zero-order chi connectivity index (χ0) is 16.8. The van der Waals surface area contributed by atoms with Crippen molar-refractivity contribution in [2.24, 2.45) is 5.92 Å². The molecule has 0 radical (unpaired) electrons. The Balaban J connectivity index is 2.20. The lowest BCUT2D eigenvalue weighted by atomic mass is 10.1. The SMILES string of the molecule is COc1cccc(CNc2cccc(C)c2C)c1OCC(C)C. The molecule has 2 rings (SSSR count). The van der Waals surface area contributed by atoms with Crippen molar-refractivity contribution >= 4 is 5.69 Å². The summed E-state index contributed by atoms with van der Waals surface area (Å²) in [5.74, 6) is 2.09. The van der Waals surface area contributed by atoms with E-state index in [9.17, 15) is 0 Å². The van der Waals surface area contributed by atoms with E-state index in [2.05, 4.69) is 57.3 Å². The molecule has 0 unspecified atom stereocenters. The second kappa shape index (κ2) is 7.91. The Morgan fingerprint density at radius 1 is 1.04 bits per heavy atom. The molecule has 0 fully saturated rings. The lowest BCUT2D eigenvalue weighted by Gasteiger charge is -2.18. The first-order chi connectivity index (χ1) is 11.0. The number of hydrogen-bond acceptors (Lipinski definition) is 3. The largest absolute Gasteiger partial charge is 0.493 e. The van der Waals surface area contributed by atoms with Gasteiger partial charge in [-0.25, -0.2) is 0 Å². The van der Waals surface area contributed by atoms with Gasteiger partial charge in [-0.2, -0.15) is 0 Å². The summed E-state index contributed by atoms with van der Waals surface area (Å²) < 4.78 is 11.5. The Kier molecular flexibility index (Phi) is 5.91. The monoisotopic (exact) mass is 313 g/mol. The van der Waals surface area contributed by atoms with Gasteiger partial charge in [0.1, 0.15) is 0 Å². The van der Waals surface area contributed by atoms with E-state index in [0.29, 0.717) is 19.1 Å². The van der Waals surface area contributed by atoms with Gasteiger partial charge in [0.2, 0.25) is 0 Å². The number of aryl methyl sites for hydroxylation is 1. The Morgan fingerprint density at radius 2 is 1.78 bits per heavy atom. The molecule has 0 heterocycles. The third kappa shape index (κ3) is 4.41. The van der Waals surface area contributed by atoms with Crippen molar-refractivity contribution in [1.82, 2.24) is 0 Å². The van der Waals surface area contributed by atoms with Crippen LogP contribution >= 0.6 is 0 Å². The first kappa shape index (κ1) is 17.2. The minimum Gasteiger partial charge on any atom is -0.493 e. The third-order valence-corrected chi connectivity index (χ3v) is 3.92. The number of para-hydroxylation sites is 1. The highest BCUT2D eigenvalue weighted by molar-refractivity contribution is 5.55. The highest BCUT2D eigenvalue weighted by atomic mass is 16.5. The molecule has 0 aromatic heterocycles. The summed E-state index contributed by atoms with van der Waals surface area (Å²) in [6.07, 6.45) is 0. The molecule has 0 saturated heterocycles. The van der Waals surface area contributed by atoms with Crippen LogP contribution in [0.3, 0.4) is 0 Å². The molecule has 124 valence electrons. The van der Waals surface area contributed by atoms with Crippen molar-refractivity contribution < 1.29 is 9.47 Å². The van der Waals surface area contributed by atoms with Gasteiger partial charge in [-0.15, -0.1) is 0 Å². The molecular weight excluding hydrogens is 286 g/mol. The zero-order valence-electron chi connectivity index (χ0n) is 14.8. The minimum atomic E-state index is 0.472. The van der Waals surface area contributed by atoms with Crippen LogP contribution in [0.2, 0.25) is 0 Å². The molecule has 0 aliphatic heterocycles. The van der Waals surface area contributed by atoms with E-state index in [-0.39, 0.29) is 0 Å². The van der Waals surface area contributed by atoms with E-state index < -0.39 is 0 Å². The van der Waals surface area contributed by atoms with Crippen LogP contribution in [0.15, 0.2) is 36.4 Å². The van der Waals surface area contributed by atoms with E-state index in [0.717, 1.165) is 22.7 Å². The van der Waals surface area contributed by atoms with Crippen LogP contribution in [0.25, 0.3) is 0 Å². The summed E-state index contributed by atoms with van der Waals surface area (Å²) >= 11 is 0. The third-order valence-electron chi connectivity index (χ3n) is 3.92. The smallest absolute Gasteiger partial charge is 0.166 e. The summed E-state index contributed by atoms with van der Waals surface area (Å²) in [5, 5.41) is 3.51. The Bertz CT molecular complexity index is 650. The van der Waals surface area contributed by atoms with Crippen LogP contribution in [0.5, 0.6) is 11.5 Å². The normalized spacial score (nSPS) is 10.7. The second-order valence-corrected chi connectivity index (χ2v) is 6.25. The van der Waals surface area contributed by atoms with Gasteiger partial charge in [-0.05, 0) is 43.0 Å². The fourth-order valence-electron chi connectivity index (χ4n) is 2.41. The number of anilines is 1. The van der Waals surface area contributed by atoms with Crippen LogP contribution in [0.4, 0.5) is 5.69 Å². The highest BCUT2D eigenvalue weighted by Crippen LogP contribution is 2.32. The maximum absolute atomic E-state index is 6.00. The molecular formula is C20H27NO2. The van der Waals surface area contributed by atoms with E-state index >= 15 is 0 Å². The van der Waals surface area contributed by atoms with Gasteiger partial charge in [0.15, 0.2) is 11.5 Å². The molecule has 0 saturated carbocycles. The predicted molar refractivity (Wildman–Crippen MR) is 96.6 cm³/mol. The Morgan fingerprint density at radius 3 is 2.48 bits per heavy atom. The fraction of sp³-hybridized carbons (Fsp3) is 0.400. The Labute approximate surface area is 139 Å². The van der Waals surface area contributed by atoms with Gasteiger partial charge in [-0.3, -0.25) is 0 Å². The van der Waals surface area contributed by atoms with Crippen LogP contribution in [-0.2, 0) is 6.54 Å². The molecule has 0 bridgehead atoms. The molecule has 23 heavy (non-hydrogen) atoms. The number of ether oxygens (including phenoxy) is 2. The predicted octanol–water partition coefficient (Wildman–Crippen LogP) is 4.96. The van der Waals surface area contributed by atoms with Crippen LogP contribution in [-0.4, -0.2) is 13.7 Å². The standard InChI is InChI=1S/C20H27NO2/c1-14(2)13-23-20-17(9-7-11-19(20)22-5)12-21-18-10-6-8-15(3)16(18)4/h6-11,14,21H,12-13H2,1-5H3. The molecule has 3 nitrogen and oxygen atoms in total. The number of methoxy groups -OCH3 is 1. The summed E-state index contributed by atoms with van der Waals surface area (Å²) in [7, 11) is 1.68. The fourth-order valence-corrected chi connectivity index (χ4v) is 2.41. The molecule has 3 heteroatoms. The first-order valence-electron chi connectivity index (χ1n) is 8.11. The molecule has 2 aromatic rings. The quantitative estimate of drug-likeness (QED) is 0.783. The van der Waals surface area contributed by atoms with Gasteiger partial charge >= 0.3 is 0 Å². The van der Waals surface area contributed by atoms with Crippen molar-refractivity contribution in [2.45, 2.75) is 34.2 Å². The molecule has 2 aromatic carbocycles. The lowest BCUT2D eigenvalue weighted by Crippen LogP contribution is -2.09. The summed E-state index contributed by atoms with van der Waals surface area (Å²) in [6, 6.07) is 12.3. The molecule has 1 N–H and O–H groups in total. The Hall–Kier alpha value is -2.16. The van der Waals surface area contributed by atoms with Gasteiger partial charge in [0.05, 0.1) is 13.7 Å². The average Bonchev–Trinajstić information content (AvgIpc) is 2.54. The topological polar surface area (TPSA) is 30.5 Å². The summed E-state index contributed by atoms with van der Waals surface area (Å²) in [5.41, 5.74) is 4.82. The number of benzene rings is 2. The van der Waals surface area contributed by atoms with Gasteiger partial charge < -0.3 is 14.8 Å². The maximum Gasteiger partial charge on any atom is 0.166 e. The number of rotatable bonds is 7. The summed E-state index contributed by atoms with van der Waals surface area (Å²) in [4.78, 5) is 0. The molecule has 0 amide bonds. The van der Waals surface area contributed by atoms with E-state index in [1.54, 1.807) is 7.11 Å². The van der Waals surface area contributed by atoms with Gasteiger partial charge in [0.25, 0.3) is 0 Å². The van der Waals surface area contributed by atoms with Crippen molar-refractivity contribution in [3.05, 3.63) is 53.1 Å². The highest BCUT2D eigenvalue weighted by Gasteiger charge is 2.12. The second-order valence-electron chi connectivity index (χ2n) is 6.25.